The van der Waals surface area contributed by atoms with Gasteiger partial charge >= 0.3 is 6.18 Å². The van der Waals surface area contributed by atoms with E-state index in [0.29, 0.717) is 5.92 Å². The van der Waals surface area contributed by atoms with Crippen LogP contribution in [-0.2, 0) is 0 Å². The molecule has 0 spiro atoms. The Labute approximate surface area is 208 Å². The van der Waals surface area contributed by atoms with Crippen molar-refractivity contribution in [3.05, 3.63) is 47.0 Å². The molecule has 4 aromatic heterocycles. The summed E-state index contributed by atoms with van der Waals surface area (Å²) >= 11 is 0. The number of nitrogens with one attached hydrogen (secondary N) is 2. The smallest absolute Gasteiger partial charge is 0.353 e. The number of pyridine rings is 2. The van der Waals surface area contributed by atoms with Crippen molar-refractivity contribution in [3.8, 4) is 11.3 Å². The molecule has 0 aliphatic heterocycles. The van der Waals surface area contributed by atoms with Crippen LogP contribution in [0.15, 0.2) is 24.7 Å². The van der Waals surface area contributed by atoms with Gasteiger partial charge < -0.3 is 10.3 Å². The van der Waals surface area contributed by atoms with E-state index in [2.05, 4.69) is 60.2 Å². The summed E-state index contributed by atoms with van der Waals surface area (Å²) in [6.07, 6.45) is 2.33. The molecule has 9 heteroatoms. The predicted molar refractivity (Wildman–Crippen MR) is 135 cm³/mol. The molecular formula is C27H33F3N6. The zero-order valence-electron chi connectivity index (χ0n) is 21.2. The Morgan fingerprint density at radius 2 is 1.86 bits per heavy atom. The third kappa shape index (κ3) is 4.73. The van der Waals surface area contributed by atoms with Crippen molar-refractivity contribution in [2.75, 3.05) is 6.54 Å². The molecule has 0 atom stereocenters. The van der Waals surface area contributed by atoms with Crippen molar-refractivity contribution in [1.29, 1.82) is 0 Å². The van der Waals surface area contributed by atoms with Crippen molar-refractivity contribution in [1.82, 2.24) is 29.9 Å². The van der Waals surface area contributed by atoms with E-state index in [0.717, 1.165) is 64.9 Å². The van der Waals surface area contributed by atoms with Crippen molar-refractivity contribution >= 4 is 16.7 Å². The number of alkyl halides is 3. The number of halogens is 3. The second kappa shape index (κ2) is 9.50. The van der Waals surface area contributed by atoms with Crippen molar-refractivity contribution in [3.63, 3.8) is 0 Å². The number of rotatable bonds is 6. The van der Waals surface area contributed by atoms with Gasteiger partial charge in [0.2, 0.25) is 0 Å². The fourth-order valence-corrected chi connectivity index (χ4v) is 5.57. The highest BCUT2D eigenvalue weighted by Crippen LogP contribution is 2.39. The third-order valence-electron chi connectivity index (χ3n) is 7.66. The predicted octanol–water partition coefficient (Wildman–Crippen LogP) is 6.58. The molecular weight excluding hydrogens is 465 g/mol. The van der Waals surface area contributed by atoms with Gasteiger partial charge in [-0.15, -0.1) is 0 Å². The quantitative estimate of drug-likeness (QED) is 0.315. The molecule has 1 saturated carbocycles. The topological polar surface area (TPSA) is 70.9 Å². The zero-order chi connectivity index (χ0) is 25.6. The van der Waals surface area contributed by atoms with Gasteiger partial charge in [0.1, 0.15) is 6.33 Å². The summed E-state index contributed by atoms with van der Waals surface area (Å²) in [5, 5.41) is 7.45. The average Bonchev–Trinajstić information content (AvgIpc) is 3.45. The van der Waals surface area contributed by atoms with Gasteiger partial charge in [-0.1, -0.05) is 13.8 Å². The molecule has 0 amide bonds. The van der Waals surface area contributed by atoms with E-state index in [1.165, 1.54) is 11.1 Å². The summed E-state index contributed by atoms with van der Waals surface area (Å²) in [5.74, 6) is 0.583. The summed E-state index contributed by atoms with van der Waals surface area (Å²) in [4.78, 5) is 13.2. The summed E-state index contributed by atoms with van der Waals surface area (Å²) < 4.78 is 39.2. The number of aromatic amines is 1. The minimum atomic E-state index is -4.11. The normalized spacial score (nSPS) is 19.1. The fourth-order valence-electron chi connectivity index (χ4n) is 5.57. The maximum Gasteiger partial charge on any atom is 0.390 e. The maximum atomic E-state index is 12.5. The van der Waals surface area contributed by atoms with Gasteiger partial charge in [-0.05, 0) is 68.7 Å². The summed E-state index contributed by atoms with van der Waals surface area (Å²) in [6.45, 7) is 8.56. The molecule has 36 heavy (non-hydrogen) atoms. The van der Waals surface area contributed by atoms with Crippen LogP contribution in [-0.4, -0.2) is 43.3 Å². The lowest BCUT2D eigenvalue weighted by Gasteiger charge is -2.29. The number of aromatic nitrogens is 5. The first kappa shape index (κ1) is 24.7. The lowest BCUT2D eigenvalue weighted by Crippen LogP contribution is -2.35. The molecule has 2 N–H and O–H groups in total. The largest absolute Gasteiger partial charge is 0.390 e. The average molecular weight is 499 g/mol. The molecule has 6 nitrogen and oxygen atoms in total. The molecule has 192 valence electrons. The summed E-state index contributed by atoms with van der Waals surface area (Å²) in [6, 6.07) is 4.38. The van der Waals surface area contributed by atoms with E-state index in [1.54, 1.807) is 6.33 Å². The Kier molecular flexibility index (Phi) is 6.53. The van der Waals surface area contributed by atoms with Crippen LogP contribution < -0.4 is 5.32 Å². The molecule has 1 fully saturated rings. The van der Waals surface area contributed by atoms with Gasteiger partial charge in [-0.25, -0.2) is 9.50 Å². The van der Waals surface area contributed by atoms with E-state index >= 15 is 0 Å². The van der Waals surface area contributed by atoms with Gasteiger partial charge in [0.25, 0.3) is 0 Å². The molecule has 0 aromatic carbocycles. The molecule has 4 aromatic rings. The van der Waals surface area contributed by atoms with Gasteiger partial charge in [0.15, 0.2) is 5.65 Å². The lowest BCUT2D eigenvalue weighted by molar-refractivity contribution is -0.133. The number of fused-ring (bicyclic) bond motifs is 2. The van der Waals surface area contributed by atoms with Crippen LogP contribution >= 0.6 is 0 Å². The van der Waals surface area contributed by atoms with Gasteiger partial charge in [0, 0.05) is 41.5 Å². The Bertz CT molecular complexity index is 1380. The van der Waals surface area contributed by atoms with Crippen molar-refractivity contribution in [2.45, 2.75) is 83.9 Å². The molecule has 0 radical (unpaired) electrons. The number of hydrogen-bond donors (Lipinski definition) is 2. The first-order valence-electron chi connectivity index (χ1n) is 12.7. The standard InChI is InChI=1S/C27H33F3N6/c1-15(2)23-24(20-13-36-26(32-14-33-36)17(4)16(20)3)35-22-10-9-21(34-25(22)23)18-5-7-19(8-6-18)31-12-11-27(28,29)30/h9-10,13-15,18-19,31,35H,5-8,11-12H2,1-4H3. The highest BCUT2D eigenvalue weighted by Gasteiger charge is 2.29. The SMILES string of the molecule is Cc1c(-c2[nH]c3ccc(C4CCC(NCCC(F)(F)F)CC4)nc3c2C(C)C)cn2ncnc2c1C. The van der Waals surface area contributed by atoms with Crippen LogP contribution in [0, 0.1) is 13.8 Å². The number of nitrogens with zero attached hydrogens (tertiary/aromatic N) is 4. The van der Waals surface area contributed by atoms with E-state index in [-0.39, 0.29) is 18.5 Å². The molecule has 1 aliphatic carbocycles. The van der Waals surface area contributed by atoms with E-state index < -0.39 is 12.6 Å². The Morgan fingerprint density at radius 1 is 1.11 bits per heavy atom. The minimum Gasteiger partial charge on any atom is -0.353 e. The van der Waals surface area contributed by atoms with Crippen molar-refractivity contribution in [2.24, 2.45) is 0 Å². The molecule has 4 heterocycles. The van der Waals surface area contributed by atoms with Crippen LogP contribution in [0.5, 0.6) is 0 Å². The molecule has 1 aliphatic rings. The van der Waals surface area contributed by atoms with Crippen LogP contribution in [0.2, 0.25) is 0 Å². The van der Waals surface area contributed by atoms with E-state index in [1.807, 2.05) is 10.7 Å². The van der Waals surface area contributed by atoms with Crippen molar-refractivity contribution < 1.29 is 13.2 Å². The summed E-state index contributed by atoms with van der Waals surface area (Å²) in [5.41, 5.74) is 9.57. The van der Waals surface area contributed by atoms with Crippen LogP contribution in [0.3, 0.4) is 0 Å². The van der Waals surface area contributed by atoms with Gasteiger partial charge in [-0.3, -0.25) is 4.98 Å². The molecule has 0 bridgehead atoms. The number of aryl methyl sites for hydroxylation is 1. The summed E-state index contributed by atoms with van der Waals surface area (Å²) in [7, 11) is 0. The maximum absolute atomic E-state index is 12.5. The number of hydrogen-bond acceptors (Lipinski definition) is 4. The van der Waals surface area contributed by atoms with Crippen LogP contribution in [0.4, 0.5) is 13.2 Å². The van der Waals surface area contributed by atoms with Gasteiger partial charge in [-0.2, -0.15) is 18.3 Å². The molecule has 5 rings (SSSR count). The first-order valence-corrected chi connectivity index (χ1v) is 12.7. The second-order valence-corrected chi connectivity index (χ2v) is 10.4. The molecule has 0 unspecified atom stereocenters. The minimum absolute atomic E-state index is 0.00774. The second-order valence-electron chi connectivity index (χ2n) is 10.4. The monoisotopic (exact) mass is 498 g/mol. The fraction of sp³-hybridized carbons (Fsp3) is 0.519. The number of H-pyrrole nitrogens is 1. The highest BCUT2D eigenvalue weighted by molar-refractivity contribution is 5.89. The Morgan fingerprint density at radius 3 is 2.56 bits per heavy atom. The first-order chi connectivity index (χ1) is 17.1. The zero-order valence-corrected chi connectivity index (χ0v) is 21.2. The van der Waals surface area contributed by atoms with E-state index in [9.17, 15) is 13.2 Å². The van der Waals surface area contributed by atoms with Crippen LogP contribution in [0.1, 0.15) is 80.2 Å². The third-order valence-corrected chi connectivity index (χ3v) is 7.66. The lowest BCUT2D eigenvalue weighted by atomic mass is 9.83. The van der Waals surface area contributed by atoms with Gasteiger partial charge in [0.05, 0.1) is 23.1 Å². The Balaban J connectivity index is 1.42. The Hall–Kier alpha value is -2.94. The molecule has 0 saturated heterocycles. The highest BCUT2D eigenvalue weighted by atomic mass is 19.4. The van der Waals surface area contributed by atoms with E-state index in [4.69, 9.17) is 4.98 Å². The van der Waals surface area contributed by atoms with Crippen LogP contribution in [0.25, 0.3) is 27.9 Å².